The fourth-order valence-corrected chi connectivity index (χ4v) is 3.11. The van der Waals surface area contributed by atoms with E-state index in [-0.39, 0.29) is 0 Å². The second-order valence-corrected chi connectivity index (χ2v) is 6.12. The third-order valence-corrected chi connectivity index (χ3v) is 4.48. The molecule has 0 aliphatic carbocycles. The topological polar surface area (TPSA) is 66.9 Å². The Morgan fingerprint density at radius 2 is 1.68 bits per heavy atom. The van der Waals surface area contributed by atoms with E-state index in [0.29, 0.717) is 35.5 Å². The molecule has 28 heavy (non-hydrogen) atoms. The van der Waals surface area contributed by atoms with E-state index in [0.717, 1.165) is 22.4 Å². The van der Waals surface area contributed by atoms with Gasteiger partial charge in [0.15, 0.2) is 11.5 Å². The number of fused-ring (bicyclic) bond motifs is 1. The molecule has 6 nitrogen and oxygen atoms in total. The molecule has 0 atom stereocenters. The average molecular weight is 381 g/mol. The van der Waals surface area contributed by atoms with Crippen molar-refractivity contribution in [1.82, 2.24) is 4.98 Å². The van der Waals surface area contributed by atoms with Crippen molar-refractivity contribution in [1.29, 1.82) is 0 Å². The van der Waals surface area contributed by atoms with Crippen LogP contribution in [0, 0.1) is 0 Å². The van der Waals surface area contributed by atoms with Crippen LogP contribution in [0.3, 0.4) is 0 Å². The van der Waals surface area contributed by atoms with E-state index in [4.69, 9.17) is 18.9 Å². The summed E-state index contributed by atoms with van der Waals surface area (Å²) in [5, 5.41) is 1.52. The molecule has 0 fully saturated rings. The molecule has 1 heterocycles. The zero-order valence-electron chi connectivity index (χ0n) is 16.4. The molecule has 3 aromatic rings. The van der Waals surface area contributed by atoms with Crippen molar-refractivity contribution in [2.45, 2.75) is 13.3 Å². The molecule has 0 bridgehead atoms. The summed E-state index contributed by atoms with van der Waals surface area (Å²) in [5.41, 5.74) is 2.26. The Morgan fingerprint density at radius 1 is 0.964 bits per heavy atom. The number of hydrogen-bond acceptors (Lipinski definition) is 6. The van der Waals surface area contributed by atoms with Crippen LogP contribution in [0.15, 0.2) is 42.6 Å². The lowest BCUT2D eigenvalue weighted by molar-refractivity contribution is 0.0528. The maximum Gasteiger partial charge on any atom is 0.340 e. The van der Waals surface area contributed by atoms with Crippen molar-refractivity contribution in [3.8, 4) is 17.2 Å². The molecule has 0 N–H and O–H groups in total. The van der Waals surface area contributed by atoms with Gasteiger partial charge in [0.1, 0.15) is 5.75 Å². The maximum atomic E-state index is 12.4. The number of benzene rings is 2. The smallest absolute Gasteiger partial charge is 0.340 e. The summed E-state index contributed by atoms with van der Waals surface area (Å²) in [6.07, 6.45) is 2.13. The molecule has 1 aromatic heterocycles. The van der Waals surface area contributed by atoms with Crippen molar-refractivity contribution in [2.75, 3.05) is 27.9 Å². The SMILES string of the molecule is CCOC(=O)c1cnc(Cc2cccc(OC)c2)c2cc(OC)c(OC)cc12. The maximum absolute atomic E-state index is 12.4. The van der Waals surface area contributed by atoms with E-state index >= 15 is 0 Å². The van der Waals surface area contributed by atoms with Gasteiger partial charge in [0.05, 0.1) is 39.2 Å². The minimum atomic E-state index is -0.417. The zero-order chi connectivity index (χ0) is 20.1. The standard InChI is InChI=1S/C22H23NO5/c1-5-28-22(24)18-13-23-19(10-14-7-6-8-15(9-14)25-2)17-12-21(27-4)20(26-3)11-16(17)18/h6-9,11-13H,5,10H2,1-4H3. The number of carbonyl (C=O) groups excluding carboxylic acids is 1. The van der Waals surface area contributed by atoms with Gasteiger partial charge >= 0.3 is 5.97 Å². The molecule has 0 spiro atoms. The van der Waals surface area contributed by atoms with Crippen LogP contribution in [-0.4, -0.2) is 38.9 Å². The fourth-order valence-electron chi connectivity index (χ4n) is 3.11. The second kappa shape index (κ2) is 8.61. The number of pyridine rings is 1. The number of hydrogen-bond donors (Lipinski definition) is 0. The minimum Gasteiger partial charge on any atom is -0.497 e. The van der Waals surface area contributed by atoms with Crippen LogP contribution in [-0.2, 0) is 11.2 Å². The quantitative estimate of drug-likeness (QED) is 0.576. The molecular weight excluding hydrogens is 358 g/mol. The van der Waals surface area contributed by atoms with E-state index < -0.39 is 5.97 Å². The lowest BCUT2D eigenvalue weighted by atomic mass is 10.00. The predicted octanol–water partition coefficient (Wildman–Crippen LogP) is 4.03. The highest BCUT2D eigenvalue weighted by atomic mass is 16.5. The largest absolute Gasteiger partial charge is 0.497 e. The Hall–Kier alpha value is -3.28. The van der Waals surface area contributed by atoms with E-state index in [2.05, 4.69) is 4.98 Å². The molecule has 3 rings (SSSR count). The Balaban J connectivity index is 2.17. The molecule has 146 valence electrons. The average Bonchev–Trinajstić information content (AvgIpc) is 2.73. The van der Waals surface area contributed by atoms with Crippen molar-refractivity contribution < 1.29 is 23.7 Å². The van der Waals surface area contributed by atoms with Gasteiger partial charge < -0.3 is 18.9 Å². The van der Waals surface area contributed by atoms with Gasteiger partial charge in [-0.1, -0.05) is 12.1 Å². The van der Waals surface area contributed by atoms with Gasteiger partial charge in [-0.3, -0.25) is 4.98 Å². The van der Waals surface area contributed by atoms with Crippen molar-refractivity contribution in [2.24, 2.45) is 0 Å². The number of aromatic nitrogens is 1. The highest BCUT2D eigenvalue weighted by Gasteiger charge is 2.18. The summed E-state index contributed by atoms with van der Waals surface area (Å²) in [4.78, 5) is 17.0. The lowest BCUT2D eigenvalue weighted by Crippen LogP contribution is -2.08. The fraction of sp³-hybridized carbons (Fsp3) is 0.273. The van der Waals surface area contributed by atoms with Crippen LogP contribution in [0.25, 0.3) is 10.8 Å². The van der Waals surface area contributed by atoms with Crippen LogP contribution in [0.4, 0.5) is 0 Å². The molecule has 0 aliphatic heterocycles. The Bertz CT molecular complexity index is 1000. The van der Waals surface area contributed by atoms with E-state index in [1.165, 1.54) is 0 Å². The van der Waals surface area contributed by atoms with E-state index in [1.54, 1.807) is 40.5 Å². The number of esters is 1. The van der Waals surface area contributed by atoms with Gasteiger partial charge in [-0.25, -0.2) is 4.79 Å². The van der Waals surface area contributed by atoms with Gasteiger partial charge in [-0.15, -0.1) is 0 Å². The second-order valence-electron chi connectivity index (χ2n) is 6.12. The van der Waals surface area contributed by atoms with Gasteiger partial charge in [-0.05, 0) is 36.8 Å². The molecular formula is C22H23NO5. The summed E-state index contributed by atoms with van der Waals surface area (Å²) in [5.74, 6) is 1.48. The highest BCUT2D eigenvalue weighted by Crippen LogP contribution is 2.35. The molecule has 0 saturated carbocycles. The van der Waals surface area contributed by atoms with Gasteiger partial charge in [0.25, 0.3) is 0 Å². The monoisotopic (exact) mass is 381 g/mol. The number of methoxy groups -OCH3 is 3. The van der Waals surface area contributed by atoms with Crippen molar-refractivity contribution in [3.63, 3.8) is 0 Å². The first-order chi connectivity index (χ1) is 13.6. The predicted molar refractivity (Wildman–Crippen MR) is 107 cm³/mol. The van der Waals surface area contributed by atoms with Crippen LogP contribution >= 0.6 is 0 Å². The van der Waals surface area contributed by atoms with Gasteiger partial charge in [-0.2, -0.15) is 0 Å². The number of nitrogens with zero attached hydrogens (tertiary/aromatic N) is 1. The molecule has 6 heteroatoms. The van der Waals surface area contributed by atoms with Crippen LogP contribution in [0.1, 0.15) is 28.5 Å². The first-order valence-corrected chi connectivity index (χ1v) is 8.94. The molecule has 0 radical (unpaired) electrons. The Labute approximate surface area is 164 Å². The van der Waals surface area contributed by atoms with Crippen LogP contribution < -0.4 is 14.2 Å². The third-order valence-electron chi connectivity index (χ3n) is 4.48. The molecule has 0 amide bonds. The summed E-state index contributed by atoms with van der Waals surface area (Å²) in [6.45, 7) is 2.06. The first-order valence-electron chi connectivity index (χ1n) is 8.94. The summed E-state index contributed by atoms with van der Waals surface area (Å²) >= 11 is 0. The molecule has 0 unspecified atom stereocenters. The van der Waals surface area contributed by atoms with Crippen molar-refractivity contribution in [3.05, 3.63) is 59.4 Å². The minimum absolute atomic E-state index is 0.291. The van der Waals surface area contributed by atoms with E-state index in [9.17, 15) is 4.79 Å². The molecule has 0 aliphatic rings. The molecule has 2 aromatic carbocycles. The highest BCUT2D eigenvalue weighted by molar-refractivity contribution is 6.05. The normalized spacial score (nSPS) is 10.6. The van der Waals surface area contributed by atoms with Crippen LogP contribution in [0.5, 0.6) is 17.2 Å². The lowest BCUT2D eigenvalue weighted by Gasteiger charge is -2.14. The van der Waals surface area contributed by atoms with Gasteiger partial charge in [0, 0.05) is 23.4 Å². The third kappa shape index (κ3) is 3.86. The molecule has 0 saturated heterocycles. The summed E-state index contributed by atoms with van der Waals surface area (Å²) in [7, 11) is 4.78. The number of carbonyl (C=O) groups is 1. The summed E-state index contributed by atoms with van der Waals surface area (Å²) in [6, 6.07) is 11.4. The Kier molecular flexibility index (Phi) is 5.99. The van der Waals surface area contributed by atoms with Gasteiger partial charge in [0.2, 0.25) is 0 Å². The first kappa shape index (κ1) is 19.5. The summed E-state index contributed by atoms with van der Waals surface area (Å²) < 4.78 is 21.4. The number of ether oxygens (including phenoxy) is 4. The van der Waals surface area contributed by atoms with Crippen molar-refractivity contribution >= 4 is 16.7 Å². The Morgan fingerprint density at radius 3 is 2.32 bits per heavy atom. The van der Waals surface area contributed by atoms with E-state index in [1.807, 2.05) is 30.3 Å². The number of rotatable bonds is 7. The zero-order valence-corrected chi connectivity index (χ0v) is 16.4. The van der Waals surface area contributed by atoms with Crippen LogP contribution in [0.2, 0.25) is 0 Å².